The minimum atomic E-state index is -3.78. The number of fused-ring (bicyclic) bond motifs is 1. The Morgan fingerprint density at radius 2 is 1.65 bits per heavy atom. The number of carbonyl (C=O) groups is 1. The molecule has 0 aliphatic rings. The number of amides is 1. The molecule has 1 amide bonds. The Morgan fingerprint density at radius 3 is 2.32 bits per heavy atom. The molecule has 0 saturated heterocycles. The number of aromatic nitrogens is 1. The lowest BCUT2D eigenvalue weighted by Crippen LogP contribution is -2.38. The van der Waals surface area contributed by atoms with Crippen molar-refractivity contribution in [3.8, 4) is 0 Å². The summed E-state index contributed by atoms with van der Waals surface area (Å²) in [5.74, 6) is -0.224. The Kier molecular flexibility index (Phi) is 9.67. The summed E-state index contributed by atoms with van der Waals surface area (Å²) in [6.07, 6.45) is 0. The average Bonchev–Trinajstić information content (AvgIpc) is 3.30. The monoisotopic (exact) mass is 558 g/mol. The van der Waals surface area contributed by atoms with E-state index in [9.17, 15) is 13.2 Å². The SMILES string of the molecule is CCN(CC)CCN(C(=O)c1cccc(NS(=O)(=O)c2ccc(C)cc2)c1)c1nc2ccccc2s1.Cl. The third kappa shape index (κ3) is 6.87. The lowest BCUT2D eigenvalue weighted by Gasteiger charge is -2.25. The van der Waals surface area contributed by atoms with Gasteiger partial charge in [-0.2, -0.15) is 0 Å². The Hall–Kier alpha value is -2.98. The number of carbonyl (C=O) groups excluding carboxylic acids is 1. The number of nitrogens with zero attached hydrogens (tertiary/aromatic N) is 3. The van der Waals surface area contributed by atoms with Crippen LogP contribution in [-0.4, -0.2) is 50.4 Å². The average molecular weight is 559 g/mol. The number of rotatable bonds is 10. The number of likely N-dealkylation sites (N-methyl/N-ethyl adjacent to an activating group) is 1. The molecule has 1 N–H and O–H groups in total. The van der Waals surface area contributed by atoms with E-state index in [1.165, 1.54) is 11.3 Å². The van der Waals surface area contributed by atoms with Crippen molar-refractivity contribution in [2.45, 2.75) is 25.7 Å². The highest BCUT2D eigenvalue weighted by Gasteiger charge is 2.23. The number of hydrogen-bond donors (Lipinski definition) is 1. The normalized spacial score (nSPS) is 11.4. The van der Waals surface area contributed by atoms with Crippen LogP contribution in [0.4, 0.5) is 10.8 Å². The minimum Gasteiger partial charge on any atom is -0.302 e. The van der Waals surface area contributed by atoms with Crippen molar-refractivity contribution in [2.75, 3.05) is 35.8 Å². The summed E-state index contributed by atoms with van der Waals surface area (Å²) < 4.78 is 29.3. The number of halogens is 1. The van der Waals surface area contributed by atoms with Crippen LogP contribution in [0.1, 0.15) is 29.8 Å². The van der Waals surface area contributed by atoms with E-state index in [4.69, 9.17) is 4.98 Å². The van der Waals surface area contributed by atoms with Gasteiger partial charge in [-0.1, -0.05) is 61.1 Å². The summed E-state index contributed by atoms with van der Waals surface area (Å²) in [5, 5.41) is 0.624. The van der Waals surface area contributed by atoms with Gasteiger partial charge in [-0.3, -0.25) is 14.4 Å². The lowest BCUT2D eigenvalue weighted by atomic mass is 10.2. The van der Waals surface area contributed by atoms with Gasteiger partial charge in [0.05, 0.1) is 15.1 Å². The van der Waals surface area contributed by atoms with Gasteiger partial charge in [-0.25, -0.2) is 13.4 Å². The molecular weight excluding hydrogens is 528 g/mol. The molecule has 0 aliphatic carbocycles. The summed E-state index contributed by atoms with van der Waals surface area (Å²) in [7, 11) is -3.78. The van der Waals surface area contributed by atoms with Crippen molar-refractivity contribution < 1.29 is 13.2 Å². The first-order valence-corrected chi connectivity index (χ1v) is 14.2. The van der Waals surface area contributed by atoms with Crippen LogP contribution in [0.25, 0.3) is 10.2 Å². The summed E-state index contributed by atoms with van der Waals surface area (Å²) in [5.41, 5.74) is 2.53. The van der Waals surface area contributed by atoms with Crippen LogP contribution >= 0.6 is 23.7 Å². The highest BCUT2D eigenvalue weighted by Crippen LogP contribution is 2.30. The fraction of sp³-hybridized carbons (Fsp3) is 0.259. The van der Waals surface area contributed by atoms with Crippen molar-refractivity contribution in [1.29, 1.82) is 0 Å². The van der Waals surface area contributed by atoms with E-state index in [0.29, 0.717) is 29.5 Å². The molecule has 0 spiro atoms. The maximum atomic E-state index is 13.7. The van der Waals surface area contributed by atoms with Gasteiger partial charge in [0.25, 0.3) is 15.9 Å². The molecule has 0 radical (unpaired) electrons. The first kappa shape index (κ1) is 28.6. The second kappa shape index (κ2) is 12.5. The quantitative estimate of drug-likeness (QED) is 0.265. The Morgan fingerprint density at radius 1 is 0.946 bits per heavy atom. The van der Waals surface area contributed by atoms with E-state index in [2.05, 4.69) is 23.5 Å². The third-order valence-electron chi connectivity index (χ3n) is 5.99. The molecular formula is C27H31ClN4O3S2. The van der Waals surface area contributed by atoms with Gasteiger partial charge >= 0.3 is 0 Å². The summed E-state index contributed by atoms with van der Waals surface area (Å²) in [4.78, 5) is 22.6. The van der Waals surface area contributed by atoms with E-state index in [1.807, 2.05) is 31.2 Å². The highest BCUT2D eigenvalue weighted by molar-refractivity contribution is 7.92. The van der Waals surface area contributed by atoms with Gasteiger partial charge in [0, 0.05) is 24.3 Å². The van der Waals surface area contributed by atoms with Crippen molar-refractivity contribution in [1.82, 2.24) is 9.88 Å². The Labute approximate surface area is 228 Å². The Balaban J connectivity index is 0.00000380. The molecule has 1 heterocycles. The van der Waals surface area contributed by atoms with Gasteiger partial charge in [0.2, 0.25) is 0 Å². The predicted octanol–water partition coefficient (Wildman–Crippen LogP) is 5.82. The standard InChI is InChI=1S/C27H30N4O3S2.ClH/c1-4-30(5-2)17-18-31(27-28-24-11-6-7-12-25(24)35-27)26(32)21-9-8-10-22(19-21)29-36(33,34)23-15-13-20(3)14-16-23;/h6-16,19,29H,4-5,17-18H2,1-3H3;1H. The van der Waals surface area contributed by atoms with Crippen molar-refractivity contribution in [3.05, 3.63) is 83.9 Å². The van der Waals surface area contributed by atoms with Crippen molar-refractivity contribution in [2.24, 2.45) is 0 Å². The molecule has 196 valence electrons. The smallest absolute Gasteiger partial charge is 0.261 e. The van der Waals surface area contributed by atoms with E-state index in [1.54, 1.807) is 53.4 Å². The highest BCUT2D eigenvalue weighted by atomic mass is 35.5. The van der Waals surface area contributed by atoms with Gasteiger partial charge in [0.15, 0.2) is 5.13 Å². The summed E-state index contributed by atoms with van der Waals surface area (Å²) in [6, 6.07) is 21.0. The second-order valence-electron chi connectivity index (χ2n) is 8.45. The number of aryl methyl sites for hydroxylation is 1. The van der Waals surface area contributed by atoms with E-state index >= 15 is 0 Å². The summed E-state index contributed by atoms with van der Waals surface area (Å²) >= 11 is 1.47. The van der Waals surface area contributed by atoms with Gasteiger partial charge in [-0.05, 0) is 62.5 Å². The van der Waals surface area contributed by atoms with Crippen LogP contribution in [0.15, 0.2) is 77.7 Å². The molecule has 0 bridgehead atoms. The number of anilines is 2. The molecule has 10 heteroatoms. The molecule has 4 aromatic rings. The predicted molar refractivity (Wildman–Crippen MR) is 155 cm³/mol. The topological polar surface area (TPSA) is 82.6 Å². The zero-order valence-electron chi connectivity index (χ0n) is 21.0. The zero-order chi connectivity index (χ0) is 25.7. The maximum absolute atomic E-state index is 13.7. The number of nitrogens with one attached hydrogen (secondary N) is 1. The van der Waals surface area contributed by atoms with Crippen LogP contribution < -0.4 is 9.62 Å². The van der Waals surface area contributed by atoms with Crippen LogP contribution in [0.5, 0.6) is 0 Å². The number of hydrogen-bond acceptors (Lipinski definition) is 6. The van der Waals surface area contributed by atoms with Crippen molar-refractivity contribution >= 4 is 60.7 Å². The molecule has 1 aromatic heterocycles. The fourth-order valence-corrected chi connectivity index (χ4v) is 5.88. The summed E-state index contributed by atoms with van der Waals surface area (Å²) in [6.45, 7) is 9.03. The molecule has 0 unspecified atom stereocenters. The Bertz CT molecular complexity index is 1420. The number of benzene rings is 3. The molecule has 0 atom stereocenters. The van der Waals surface area contributed by atoms with Gasteiger partial charge < -0.3 is 4.90 Å². The van der Waals surface area contributed by atoms with E-state index in [0.717, 1.165) is 28.9 Å². The van der Waals surface area contributed by atoms with Gasteiger partial charge in [-0.15, -0.1) is 12.4 Å². The van der Waals surface area contributed by atoms with E-state index in [-0.39, 0.29) is 23.2 Å². The van der Waals surface area contributed by atoms with Crippen LogP contribution in [-0.2, 0) is 10.0 Å². The molecule has 0 fully saturated rings. The second-order valence-corrected chi connectivity index (χ2v) is 11.1. The first-order valence-electron chi connectivity index (χ1n) is 11.9. The number of sulfonamides is 1. The number of thiazole rings is 1. The fourth-order valence-electron chi connectivity index (χ4n) is 3.84. The van der Waals surface area contributed by atoms with Crippen LogP contribution in [0.2, 0.25) is 0 Å². The first-order chi connectivity index (χ1) is 17.3. The molecule has 0 saturated carbocycles. The molecule has 37 heavy (non-hydrogen) atoms. The lowest BCUT2D eigenvalue weighted by molar-refractivity contribution is 0.0984. The largest absolute Gasteiger partial charge is 0.302 e. The number of para-hydroxylation sites is 1. The van der Waals surface area contributed by atoms with Crippen LogP contribution in [0, 0.1) is 6.92 Å². The molecule has 7 nitrogen and oxygen atoms in total. The minimum absolute atomic E-state index is 0. The molecule has 0 aliphatic heterocycles. The van der Waals surface area contributed by atoms with E-state index < -0.39 is 10.0 Å². The van der Waals surface area contributed by atoms with Crippen molar-refractivity contribution in [3.63, 3.8) is 0 Å². The third-order valence-corrected chi connectivity index (χ3v) is 8.44. The maximum Gasteiger partial charge on any atom is 0.261 e. The molecule has 4 rings (SSSR count). The molecule has 3 aromatic carbocycles. The van der Waals surface area contributed by atoms with Gasteiger partial charge in [0.1, 0.15) is 0 Å². The zero-order valence-corrected chi connectivity index (χ0v) is 23.5. The van der Waals surface area contributed by atoms with Crippen LogP contribution in [0.3, 0.4) is 0 Å².